The van der Waals surface area contributed by atoms with Crippen molar-refractivity contribution in [2.45, 2.75) is 25.5 Å². The fraction of sp³-hybridized carbons (Fsp3) is 0.238. The van der Waals surface area contributed by atoms with Gasteiger partial charge in [-0.3, -0.25) is 14.9 Å². The first kappa shape index (κ1) is 20.8. The van der Waals surface area contributed by atoms with Crippen molar-refractivity contribution in [3.63, 3.8) is 0 Å². The number of hydrogen-bond acceptors (Lipinski definition) is 6. The summed E-state index contributed by atoms with van der Waals surface area (Å²) in [6.45, 7) is 3.03. The van der Waals surface area contributed by atoms with E-state index in [1.807, 2.05) is 0 Å². The number of nitro benzene ring substituents is 1. The number of para-hydroxylation sites is 1. The zero-order valence-electron chi connectivity index (χ0n) is 16.2. The molecule has 1 heterocycles. The van der Waals surface area contributed by atoms with E-state index in [0.717, 1.165) is 0 Å². The second-order valence-electron chi connectivity index (χ2n) is 7.14. The number of hydrogen-bond donors (Lipinski definition) is 3. The number of ether oxygens (including phenoxy) is 1. The molecular weight excluding hydrogens is 392 g/mol. The number of rotatable bonds is 6. The van der Waals surface area contributed by atoms with E-state index in [-0.39, 0.29) is 22.5 Å². The van der Waals surface area contributed by atoms with Crippen LogP contribution in [0.5, 0.6) is 5.75 Å². The monoisotopic (exact) mass is 412 g/mol. The number of nitrogens with one attached hydrogen (secondary N) is 1. The van der Waals surface area contributed by atoms with Crippen LogP contribution >= 0.6 is 0 Å². The predicted octanol–water partition coefficient (Wildman–Crippen LogP) is 3.14. The third-order valence-corrected chi connectivity index (χ3v) is 5.09. The largest absolute Gasteiger partial charge is 0.481 e. The first-order valence-corrected chi connectivity index (χ1v) is 9.07. The first-order valence-electron chi connectivity index (χ1n) is 9.07. The molecule has 3 atom stereocenters. The Bertz CT molecular complexity index is 1030. The van der Waals surface area contributed by atoms with Crippen LogP contribution in [-0.2, 0) is 9.59 Å². The predicted molar refractivity (Wildman–Crippen MR) is 106 cm³/mol. The Morgan fingerprint density at radius 3 is 2.37 bits per heavy atom. The Morgan fingerprint density at radius 1 is 1.13 bits per heavy atom. The van der Waals surface area contributed by atoms with Gasteiger partial charge in [0.05, 0.1) is 10.5 Å². The summed E-state index contributed by atoms with van der Waals surface area (Å²) in [5.74, 6) is -4.80. The van der Waals surface area contributed by atoms with Crippen LogP contribution in [0.15, 0.2) is 65.9 Å². The topological polar surface area (TPSA) is 139 Å². The summed E-state index contributed by atoms with van der Waals surface area (Å²) in [7, 11) is 0. The molecule has 0 radical (unpaired) electrons. The summed E-state index contributed by atoms with van der Waals surface area (Å²) in [5, 5.41) is 34.0. The SMILES string of the molecule is CC1=C(C(=O)O)C(c2cccc([N+](=O)[O-])c2)C(C(=O)O)C(C)(Oc2ccccc2)N1. The van der Waals surface area contributed by atoms with Crippen LogP contribution in [0.2, 0.25) is 0 Å². The molecule has 2 aromatic rings. The average molecular weight is 412 g/mol. The minimum absolute atomic E-state index is 0.183. The summed E-state index contributed by atoms with van der Waals surface area (Å²) in [5.41, 5.74) is -1.54. The van der Waals surface area contributed by atoms with Crippen molar-refractivity contribution in [2.75, 3.05) is 0 Å². The van der Waals surface area contributed by atoms with E-state index in [1.165, 1.54) is 38.1 Å². The Kier molecular flexibility index (Phi) is 5.46. The average Bonchev–Trinajstić information content (AvgIpc) is 2.67. The highest BCUT2D eigenvalue weighted by Crippen LogP contribution is 2.45. The second kappa shape index (κ2) is 7.86. The minimum Gasteiger partial charge on any atom is -0.481 e. The van der Waals surface area contributed by atoms with Crippen molar-refractivity contribution in [1.29, 1.82) is 0 Å². The van der Waals surface area contributed by atoms with E-state index in [2.05, 4.69) is 5.32 Å². The van der Waals surface area contributed by atoms with Gasteiger partial charge in [-0.25, -0.2) is 4.79 Å². The van der Waals surface area contributed by atoms with Crippen LogP contribution < -0.4 is 10.1 Å². The van der Waals surface area contributed by atoms with Crippen LogP contribution in [0.1, 0.15) is 25.3 Å². The van der Waals surface area contributed by atoms with Crippen LogP contribution in [0.3, 0.4) is 0 Å². The number of carboxylic acids is 2. The molecule has 0 bridgehead atoms. The number of allylic oxidation sites excluding steroid dienone is 1. The van der Waals surface area contributed by atoms with E-state index in [9.17, 15) is 29.9 Å². The lowest BCUT2D eigenvalue weighted by molar-refractivity contribution is -0.384. The fourth-order valence-corrected chi connectivity index (χ4v) is 3.92. The maximum atomic E-state index is 12.4. The van der Waals surface area contributed by atoms with Gasteiger partial charge in [-0.05, 0) is 31.5 Å². The van der Waals surface area contributed by atoms with Crippen LogP contribution in [0, 0.1) is 16.0 Å². The molecule has 2 aromatic carbocycles. The normalized spacial score (nSPS) is 23.4. The van der Waals surface area contributed by atoms with Gasteiger partial charge in [-0.1, -0.05) is 30.3 Å². The molecule has 0 fully saturated rings. The molecule has 9 heteroatoms. The summed E-state index contributed by atoms with van der Waals surface area (Å²) >= 11 is 0. The summed E-state index contributed by atoms with van der Waals surface area (Å²) < 4.78 is 5.99. The van der Waals surface area contributed by atoms with Gasteiger partial charge in [0.1, 0.15) is 11.7 Å². The zero-order valence-corrected chi connectivity index (χ0v) is 16.2. The number of benzene rings is 2. The maximum Gasteiger partial charge on any atom is 0.333 e. The molecule has 0 aliphatic carbocycles. The van der Waals surface area contributed by atoms with Crippen LogP contribution in [0.25, 0.3) is 0 Å². The minimum atomic E-state index is -1.52. The molecule has 0 saturated heterocycles. The van der Waals surface area contributed by atoms with Crippen LogP contribution in [0.4, 0.5) is 5.69 Å². The molecule has 156 valence electrons. The summed E-state index contributed by atoms with van der Waals surface area (Å²) in [6.07, 6.45) is 0. The standard InChI is InChI=1S/C21H20N2O7/c1-12-16(19(24)25)17(13-7-6-8-14(11-13)23(28)29)18(20(26)27)21(2,22-12)30-15-9-4-3-5-10-15/h3-11,17-18,22H,1-2H3,(H,24,25)(H,26,27). The third kappa shape index (κ3) is 3.82. The maximum absolute atomic E-state index is 12.4. The van der Waals surface area contributed by atoms with Gasteiger partial charge in [0.25, 0.3) is 5.69 Å². The lowest BCUT2D eigenvalue weighted by atomic mass is 9.72. The number of carboxylic acid groups (broad SMARTS) is 2. The van der Waals surface area contributed by atoms with E-state index < -0.39 is 34.4 Å². The lowest BCUT2D eigenvalue weighted by Crippen LogP contribution is -2.60. The van der Waals surface area contributed by atoms with Crippen molar-refractivity contribution in [3.05, 3.63) is 81.5 Å². The molecule has 0 saturated carbocycles. The molecule has 0 amide bonds. The van der Waals surface area contributed by atoms with Crippen molar-refractivity contribution < 1.29 is 29.5 Å². The van der Waals surface area contributed by atoms with Gasteiger partial charge in [-0.2, -0.15) is 0 Å². The van der Waals surface area contributed by atoms with Crippen LogP contribution in [-0.4, -0.2) is 32.8 Å². The number of non-ortho nitro benzene ring substituents is 1. The first-order chi connectivity index (χ1) is 14.1. The summed E-state index contributed by atoms with van der Waals surface area (Å²) in [6, 6.07) is 13.9. The van der Waals surface area contributed by atoms with Crippen molar-refractivity contribution in [3.8, 4) is 5.75 Å². The van der Waals surface area contributed by atoms with Gasteiger partial charge >= 0.3 is 11.9 Å². The Labute approximate surface area is 171 Å². The Balaban J connectivity index is 2.20. The number of nitrogens with zero attached hydrogens (tertiary/aromatic N) is 1. The highest BCUT2D eigenvalue weighted by atomic mass is 16.6. The highest BCUT2D eigenvalue weighted by Gasteiger charge is 2.53. The van der Waals surface area contributed by atoms with Gasteiger partial charge < -0.3 is 20.3 Å². The van der Waals surface area contributed by atoms with E-state index in [1.54, 1.807) is 30.3 Å². The van der Waals surface area contributed by atoms with Gasteiger partial charge in [0, 0.05) is 23.7 Å². The van der Waals surface area contributed by atoms with Gasteiger partial charge in [0.15, 0.2) is 5.72 Å². The molecule has 3 rings (SSSR count). The zero-order chi connectivity index (χ0) is 22.1. The molecule has 9 nitrogen and oxygen atoms in total. The Hall–Kier alpha value is -3.88. The molecular formula is C21H20N2O7. The van der Waals surface area contributed by atoms with E-state index >= 15 is 0 Å². The summed E-state index contributed by atoms with van der Waals surface area (Å²) in [4.78, 5) is 35.0. The van der Waals surface area contributed by atoms with Crippen molar-refractivity contribution >= 4 is 17.6 Å². The van der Waals surface area contributed by atoms with E-state index in [4.69, 9.17) is 4.74 Å². The second-order valence-corrected chi connectivity index (χ2v) is 7.14. The number of nitro groups is 1. The Morgan fingerprint density at radius 2 is 1.80 bits per heavy atom. The van der Waals surface area contributed by atoms with E-state index in [0.29, 0.717) is 5.75 Å². The number of carbonyl (C=O) groups is 2. The lowest BCUT2D eigenvalue weighted by Gasteiger charge is -2.45. The van der Waals surface area contributed by atoms with Crippen molar-refractivity contribution in [1.82, 2.24) is 5.32 Å². The van der Waals surface area contributed by atoms with Gasteiger partial charge in [-0.15, -0.1) is 0 Å². The third-order valence-electron chi connectivity index (χ3n) is 5.09. The smallest absolute Gasteiger partial charge is 0.333 e. The molecule has 3 N–H and O–H groups in total. The van der Waals surface area contributed by atoms with Gasteiger partial charge in [0.2, 0.25) is 0 Å². The van der Waals surface area contributed by atoms with Crippen molar-refractivity contribution in [2.24, 2.45) is 5.92 Å². The number of aliphatic carboxylic acids is 2. The quantitative estimate of drug-likeness (QED) is 0.486. The molecule has 1 aliphatic heterocycles. The fourth-order valence-electron chi connectivity index (χ4n) is 3.92. The highest BCUT2D eigenvalue weighted by molar-refractivity contribution is 5.92. The molecule has 30 heavy (non-hydrogen) atoms. The molecule has 3 unspecified atom stereocenters. The molecule has 0 spiro atoms. The molecule has 0 aromatic heterocycles. The molecule has 1 aliphatic rings.